The summed E-state index contributed by atoms with van der Waals surface area (Å²) in [5.41, 5.74) is 3.00. The first-order chi connectivity index (χ1) is 15.3. The quantitative estimate of drug-likeness (QED) is 0.526. The summed E-state index contributed by atoms with van der Waals surface area (Å²) in [6.07, 6.45) is 2.88. The number of nitrogens with zero attached hydrogens (tertiary/aromatic N) is 1. The van der Waals surface area contributed by atoms with Crippen LogP contribution in [0.5, 0.6) is 0 Å². The van der Waals surface area contributed by atoms with Gasteiger partial charge in [-0.3, -0.25) is 4.79 Å². The molecule has 3 rings (SSSR count). The van der Waals surface area contributed by atoms with Crippen molar-refractivity contribution in [3.05, 3.63) is 83.1 Å². The summed E-state index contributed by atoms with van der Waals surface area (Å²) in [5, 5.41) is 5.66. The number of anilines is 1. The zero-order chi connectivity index (χ0) is 23.3. The highest BCUT2D eigenvalue weighted by molar-refractivity contribution is 6.02. The van der Waals surface area contributed by atoms with Gasteiger partial charge >= 0.3 is 12.0 Å². The van der Waals surface area contributed by atoms with E-state index in [0.29, 0.717) is 22.5 Å². The van der Waals surface area contributed by atoms with E-state index in [2.05, 4.69) is 10.6 Å². The number of benzene rings is 2. The Morgan fingerprint density at radius 3 is 2.53 bits per heavy atom. The number of carbonyl (C=O) groups is 3. The third-order valence-electron chi connectivity index (χ3n) is 5.03. The summed E-state index contributed by atoms with van der Waals surface area (Å²) < 4.78 is 5.41. The normalized spacial score (nSPS) is 16.3. The second-order valence-corrected chi connectivity index (χ2v) is 7.75. The number of rotatable bonds is 6. The number of urea groups is 1. The maximum Gasteiger partial charge on any atom is 0.338 e. The van der Waals surface area contributed by atoms with E-state index in [9.17, 15) is 14.4 Å². The lowest BCUT2D eigenvalue weighted by Gasteiger charge is -2.33. The van der Waals surface area contributed by atoms with E-state index in [4.69, 9.17) is 4.74 Å². The third-order valence-corrected chi connectivity index (χ3v) is 5.03. The van der Waals surface area contributed by atoms with Gasteiger partial charge in [-0.2, -0.15) is 0 Å². The molecule has 0 fully saturated rings. The van der Waals surface area contributed by atoms with Crippen LogP contribution in [0.1, 0.15) is 37.9 Å². The van der Waals surface area contributed by atoms with Crippen LogP contribution in [0.15, 0.2) is 71.9 Å². The van der Waals surface area contributed by atoms with Crippen LogP contribution in [0.4, 0.5) is 10.5 Å². The van der Waals surface area contributed by atoms with Crippen LogP contribution in [0.2, 0.25) is 0 Å². The number of ether oxygens (including phenoxy) is 1. The lowest BCUT2D eigenvalue weighted by atomic mass is 9.94. The van der Waals surface area contributed by atoms with E-state index in [1.54, 1.807) is 58.2 Å². The lowest BCUT2D eigenvalue weighted by Crippen LogP contribution is -2.46. The van der Waals surface area contributed by atoms with Crippen LogP contribution >= 0.6 is 0 Å². The van der Waals surface area contributed by atoms with Crippen LogP contribution in [0.25, 0.3) is 6.08 Å². The number of allylic oxidation sites excluding steroid dienone is 1. The highest BCUT2D eigenvalue weighted by Crippen LogP contribution is 2.32. The summed E-state index contributed by atoms with van der Waals surface area (Å²) >= 11 is 0. The molecule has 7 nitrogen and oxygen atoms in total. The van der Waals surface area contributed by atoms with E-state index >= 15 is 0 Å². The SMILES string of the molecule is CC1=C(C(=O)OC(C)C)C(c2cccc(NC(=O)/C=C/c3ccccc3)c2)NC(=O)N1C. The minimum atomic E-state index is -0.693. The molecule has 0 aromatic heterocycles. The van der Waals surface area contributed by atoms with Crippen molar-refractivity contribution in [2.75, 3.05) is 12.4 Å². The van der Waals surface area contributed by atoms with Crippen molar-refractivity contribution in [3.63, 3.8) is 0 Å². The Morgan fingerprint density at radius 1 is 1.12 bits per heavy atom. The summed E-state index contributed by atoms with van der Waals surface area (Å²) in [6.45, 7) is 5.25. The Balaban J connectivity index is 1.84. The molecule has 0 radical (unpaired) electrons. The molecular formula is C25H27N3O4. The average Bonchev–Trinajstić information content (AvgIpc) is 2.76. The minimum absolute atomic E-state index is 0.287. The van der Waals surface area contributed by atoms with Crippen LogP contribution in [0, 0.1) is 0 Å². The van der Waals surface area contributed by atoms with Gasteiger partial charge in [-0.15, -0.1) is 0 Å². The predicted molar refractivity (Wildman–Crippen MR) is 124 cm³/mol. The predicted octanol–water partition coefficient (Wildman–Crippen LogP) is 4.26. The molecule has 1 heterocycles. The molecule has 3 amide bonds. The minimum Gasteiger partial charge on any atom is -0.459 e. The maximum absolute atomic E-state index is 12.8. The highest BCUT2D eigenvalue weighted by atomic mass is 16.5. The van der Waals surface area contributed by atoms with E-state index in [-0.39, 0.29) is 18.0 Å². The monoisotopic (exact) mass is 433 g/mol. The van der Waals surface area contributed by atoms with Gasteiger partial charge in [-0.25, -0.2) is 9.59 Å². The lowest BCUT2D eigenvalue weighted by molar-refractivity contribution is -0.143. The van der Waals surface area contributed by atoms with E-state index in [1.807, 2.05) is 30.3 Å². The smallest absolute Gasteiger partial charge is 0.338 e. The summed E-state index contributed by atoms with van der Waals surface area (Å²) in [7, 11) is 1.60. The molecule has 1 unspecified atom stereocenters. The number of hydrogen-bond acceptors (Lipinski definition) is 4. The molecule has 32 heavy (non-hydrogen) atoms. The molecule has 2 N–H and O–H groups in total. The van der Waals surface area contributed by atoms with Crippen LogP contribution in [-0.2, 0) is 14.3 Å². The van der Waals surface area contributed by atoms with E-state index in [0.717, 1.165) is 5.56 Å². The molecule has 7 heteroatoms. The molecular weight excluding hydrogens is 406 g/mol. The molecule has 0 aliphatic carbocycles. The van der Waals surface area contributed by atoms with Crippen LogP contribution in [0.3, 0.4) is 0 Å². The molecule has 0 saturated carbocycles. The number of carbonyl (C=O) groups excluding carboxylic acids is 3. The van der Waals surface area contributed by atoms with Gasteiger partial charge in [0.1, 0.15) is 0 Å². The van der Waals surface area contributed by atoms with Gasteiger partial charge in [0.2, 0.25) is 5.91 Å². The average molecular weight is 434 g/mol. The molecule has 2 aromatic rings. The first kappa shape index (κ1) is 22.8. The van der Waals surface area contributed by atoms with Gasteiger partial charge in [0.05, 0.1) is 17.7 Å². The summed E-state index contributed by atoms with van der Waals surface area (Å²) in [6, 6.07) is 15.5. The van der Waals surface area contributed by atoms with Gasteiger partial charge in [0.15, 0.2) is 0 Å². The van der Waals surface area contributed by atoms with Gasteiger partial charge in [0.25, 0.3) is 0 Å². The van der Waals surface area contributed by atoms with Gasteiger partial charge < -0.3 is 20.3 Å². The van der Waals surface area contributed by atoms with Crippen LogP contribution < -0.4 is 10.6 Å². The topological polar surface area (TPSA) is 87.7 Å². The van der Waals surface area contributed by atoms with Crippen molar-refractivity contribution in [2.45, 2.75) is 32.9 Å². The van der Waals surface area contributed by atoms with Gasteiger partial charge in [-0.05, 0) is 50.1 Å². The number of nitrogens with one attached hydrogen (secondary N) is 2. The summed E-state index contributed by atoms with van der Waals surface area (Å²) in [5.74, 6) is -0.779. The fourth-order valence-electron chi connectivity index (χ4n) is 3.34. The first-order valence-electron chi connectivity index (χ1n) is 10.4. The molecule has 166 valence electrons. The fourth-order valence-corrected chi connectivity index (χ4v) is 3.34. The Labute approximate surface area is 187 Å². The molecule has 0 saturated heterocycles. The largest absolute Gasteiger partial charge is 0.459 e. The Hall–Kier alpha value is -3.87. The van der Waals surface area contributed by atoms with E-state index < -0.39 is 12.0 Å². The standard InChI is InChI=1S/C25H27N3O4/c1-16(2)32-24(30)22-17(3)28(4)25(31)27-23(22)19-11-8-12-20(15-19)26-21(29)14-13-18-9-6-5-7-10-18/h5-16,23H,1-4H3,(H,26,29)(H,27,31)/b14-13+. The molecule has 0 bridgehead atoms. The number of esters is 1. The van der Waals surface area contributed by atoms with Crippen LogP contribution in [-0.4, -0.2) is 36.0 Å². The molecule has 1 atom stereocenters. The molecule has 1 aliphatic heterocycles. The number of hydrogen-bond donors (Lipinski definition) is 2. The molecule has 2 aromatic carbocycles. The van der Waals surface area contributed by atoms with Crippen molar-refractivity contribution >= 4 is 29.7 Å². The zero-order valence-corrected chi connectivity index (χ0v) is 18.6. The Bertz CT molecular complexity index is 1070. The third kappa shape index (κ3) is 5.43. The van der Waals surface area contributed by atoms with Gasteiger partial charge in [0, 0.05) is 24.5 Å². The molecule has 1 aliphatic rings. The zero-order valence-electron chi connectivity index (χ0n) is 18.6. The van der Waals surface area contributed by atoms with Crippen molar-refractivity contribution < 1.29 is 19.1 Å². The van der Waals surface area contributed by atoms with Crippen molar-refractivity contribution in [1.82, 2.24) is 10.2 Å². The maximum atomic E-state index is 12.8. The van der Waals surface area contributed by atoms with Crippen molar-refractivity contribution in [1.29, 1.82) is 0 Å². The van der Waals surface area contributed by atoms with E-state index in [1.165, 1.54) is 11.0 Å². The second kappa shape index (κ2) is 9.96. The van der Waals surface area contributed by atoms with Crippen molar-refractivity contribution in [3.8, 4) is 0 Å². The Kier molecular flexibility index (Phi) is 7.10. The highest BCUT2D eigenvalue weighted by Gasteiger charge is 2.35. The number of amides is 3. The second-order valence-electron chi connectivity index (χ2n) is 7.75. The Morgan fingerprint density at radius 2 is 1.84 bits per heavy atom. The van der Waals surface area contributed by atoms with Crippen molar-refractivity contribution in [2.24, 2.45) is 0 Å². The fraction of sp³-hybridized carbons (Fsp3) is 0.240. The first-order valence-corrected chi connectivity index (χ1v) is 10.4. The molecule has 0 spiro atoms. The van der Waals surface area contributed by atoms with Gasteiger partial charge in [-0.1, -0.05) is 42.5 Å². The summed E-state index contributed by atoms with van der Waals surface area (Å²) in [4.78, 5) is 39.0.